The van der Waals surface area contributed by atoms with Gasteiger partial charge in [0.25, 0.3) is 0 Å². The highest BCUT2D eigenvalue weighted by Gasteiger charge is 2.15. The Kier molecular flexibility index (Phi) is 3.60. The standard InChI is InChI=1S/C17H20N2/c1-18-17(11-13-7-9-19-10-8-13)16-6-5-14-3-2-4-15(14)12-16/h5-10,12,17-18H,2-4,11H2,1H3. The van der Waals surface area contributed by atoms with Crippen LogP contribution in [0.15, 0.2) is 42.7 Å². The average Bonchev–Trinajstić information content (AvgIpc) is 2.93. The molecule has 19 heavy (non-hydrogen) atoms. The van der Waals surface area contributed by atoms with Gasteiger partial charge in [-0.1, -0.05) is 18.2 Å². The van der Waals surface area contributed by atoms with Crippen molar-refractivity contribution in [2.45, 2.75) is 31.7 Å². The van der Waals surface area contributed by atoms with Crippen LogP contribution in [0.1, 0.15) is 34.7 Å². The Balaban J connectivity index is 1.82. The summed E-state index contributed by atoms with van der Waals surface area (Å²) in [6, 6.07) is 11.6. The minimum Gasteiger partial charge on any atom is -0.313 e. The summed E-state index contributed by atoms with van der Waals surface area (Å²) in [5.41, 5.74) is 5.82. The first kappa shape index (κ1) is 12.4. The number of pyridine rings is 1. The summed E-state index contributed by atoms with van der Waals surface area (Å²) < 4.78 is 0. The molecule has 0 aliphatic heterocycles. The van der Waals surface area contributed by atoms with Crippen LogP contribution < -0.4 is 5.32 Å². The third kappa shape index (κ3) is 2.69. The first-order chi connectivity index (χ1) is 9.36. The molecule has 0 amide bonds. The molecule has 1 aromatic heterocycles. The van der Waals surface area contributed by atoms with E-state index in [0.717, 1.165) is 6.42 Å². The van der Waals surface area contributed by atoms with Crippen LogP contribution in [0.3, 0.4) is 0 Å². The summed E-state index contributed by atoms with van der Waals surface area (Å²) in [4.78, 5) is 4.08. The molecule has 2 aromatic rings. The van der Waals surface area contributed by atoms with Gasteiger partial charge in [-0.2, -0.15) is 0 Å². The van der Waals surface area contributed by atoms with E-state index < -0.39 is 0 Å². The lowest BCUT2D eigenvalue weighted by Crippen LogP contribution is -2.19. The van der Waals surface area contributed by atoms with Gasteiger partial charge in [-0.25, -0.2) is 0 Å². The molecular weight excluding hydrogens is 232 g/mol. The van der Waals surface area contributed by atoms with Crippen molar-refractivity contribution >= 4 is 0 Å². The van der Waals surface area contributed by atoms with E-state index in [1.165, 1.54) is 30.4 Å². The Morgan fingerprint density at radius 1 is 1.11 bits per heavy atom. The second-order valence-corrected chi connectivity index (χ2v) is 5.28. The van der Waals surface area contributed by atoms with Crippen LogP contribution in [0, 0.1) is 0 Å². The van der Waals surface area contributed by atoms with Crippen LogP contribution in [0.2, 0.25) is 0 Å². The van der Waals surface area contributed by atoms with Gasteiger partial charge >= 0.3 is 0 Å². The molecule has 1 unspecified atom stereocenters. The fourth-order valence-corrected chi connectivity index (χ4v) is 2.95. The third-order valence-corrected chi connectivity index (χ3v) is 4.06. The van der Waals surface area contributed by atoms with E-state index >= 15 is 0 Å². The largest absolute Gasteiger partial charge is 0.313 e. The van der Waals surface area contributed by atoms with E-state index in [9.17, 15) is 0 Å². The summed E-state index contributed by atoms with van der Waals surface area (Å²) in [6.45, 7) is 0. The number of nitrogens with one attached hydrogen (secondary N) is 1. The highest BCUT2D eigenvalue weighted by atomic mass is 14.9. The molecule has 1 aliphatic rings. The lowest BCUT2D eigenvalue weighted by atomic mass is 9.96. The SMILES string of the molecule is CNC(Cc1ccncc1)c1ccc2c(c1)CCC2. The second kappa shape index (κ2) is 5.54. The molecular formula is C17H20N2. The summed E-state index contributed by atoms with van der Waals surface area (Å²) in [7, 11) is 2.04. The summed E-state index contributed by atoms with van der Waals surface area (Å²) in [5.74, 6) is 0. The van der Waals surface area contributed by atoms with Crippen molar-refractivity contribution in [1.82, 2.24) is 10.3 Å². The fourth-order valence-electron chi connectivity index (χ4n) is 2.95. The van der Waals surface area contributed by atoms with Crippen molar-refractivity contribution in [2.75, 3.05) is 7.05 Å². The number of hydrogen-bond acceptors (Lipinski definition) is 2. The van der Waals surface area contributed by atoms with E-state index in [-0.39, 0.29) is 0 Å². The molecule has 0 saturated carbocycles. The number of nitrogens with zero attached hydrogens (tertiary/aromatic N) is 1. The number of aryl methyl sites for hydroxylation is 2. The zero-order valence-corrected chi connectivity index (χ0v) is 11.4. The molecule has 1 atom stereocenters. The normalized spacial score (nSPS) is 15.2. The Bertz CT molecular complexity index is 548. The Morgan fingerprint density at radius 2 is 1.89 bits per heavy atom. The van der Waals surface area contributed by atoms with Crippen LogP contribution in [0.5, 0.6) is 0 Å². The average molecular weight is 252 g/mol. The molecule has 2 nitrogen and oxygen atoms in total. The first-order valence-electron chi connectivity index (χ1n) is 7.04. The highest BCUT2D eigenvalue weighted by Crippen LogP contribution is 2.26. The lowest BCUT2D eigenvalue weighted by molar-refractivity contribution is 0.591. The van der Waals surface area contributed by atoms with Crippen molar-refractivity contribution in [2.24, 2.45) is 0 Å². The highest BCUT2D eigenvalue weighted by molar-refractivity contribution is 5.37. The minimum absolute atomic E-state index is 0.383. The first-order valence-corrected chi connectivity index (χ1v) is 7.04. The van der Waals surface area contributed by atoms with E-state index in [2.05, 4.69) is 40.6 Å². The predicted molar refractivity (Wildman–Crippen MR) is 78.2 cm³/mol. The molecule has 0 radical (unpaired) electrons. The van der Waals surface area contributed by atoms with E-state index in [1.807, 2.05) is 19.4 Å². The van der Waals surface area contributed by atoms with Crippen LogP contribution in [-0.2, 0) is 19.3 Å². The lowest BCUT2D eigenvalue weighted by Gasteiger charge is -2.18. The van der Waals surface area contributed by atoms with Crippen molar-refractivity contribution in [3.63, 3.8) is 0 Å². The molecule has 1 aliphatic carbocycles. The van der Waals surface area contributed by atoms with Crippen LogP contribution in [0.25, 0.3) is 0 Å². The van der Waals surface area contributed by atoms with Gasteiger partial charge in [0, 0.05) is 18.4 Å². The number of rotatable bonds is 4. The predicted octanol–water partition coefficient (Wildman–Crippen LogP) is 3.07. The van der Waals surface area contributed by atoms with Gasteiger partial charge in [0.15, 0.2) is 0 Å². The Labute approximate surface area is 114 Å². The van der Waals surface area contributed by atoms with Gasteiger partial charge < -0.3 is 5.32 Å². The molecule has 0 fully saturated rings. The Hall–Kier alpha value is -1.67. The van der Waals surface area contributed by atoms with Crippen molar-refractivity contribution in [3.05, 3.63) is 65.0 Å². The van der Waals surface area contributed by atoms with Crippen LogP contribution >= 0.6 is 0 Å². The summed E-state index contributed by atoms with van der Waals surface area (Å²) in [6.07, 6.45) is 8.56. The smallest absolute Gasteiger partial charge is 0.0358 e. The zero-order chi connectivity index (χ0) is 13.1. The minimum atomic E-state index is 0.383. The molecule has 3 rings (SSSR count). The molecule has 98 valence electrons. The maximum Gasteiger partial charge on any atom is 0.0358 e. The van der Waals surface area contributed by atoms with E-state index in [4.69, 9.17) is 0 Å². The van der Waals surface area contributed by atoms with Crippen LogP contribution in [-0.4, -0.2) is 12.0 Å². The molecule has 0 spiro atoms. The monoisotopic (exact) mass is 252 g/mol. The van der Waals surface area contributed by atoms with E-state index in [1.54, 1.807) is 11.1 Å². The molecule has 0 bridgehead atoms. The molecule has 2 heteroatoms. The van der Waals surface area contributed by atoms with Gasteiger partial charge in [-0.15, -0.1) is 0 Å². The maximum absolute atomic E-state index is 4.08. The topological polar surface area (TPSA) is 24.9 Å². The maximum atomic E-state index is 4.08. The van der Waals surface area contributed by atoms with Crippen molar-refractivity contribution in [3.8, 4) is 0 Å². The second-order valence-electron chi connectivity index (χ2n) is 5.28. The quantitative estimate of drug-likeness (QED) is 0.904. The van der Waals surface area contributed by atoms with Gasteiger partial charge in [0.2, 0.25) is 0 Å². The van der Waals surface area contributed by atoms with Crippen molar-refractivity contribution in [1.29, 1.82) is 0 Å². The number of aromatic nitrogens is 1. The molecule has 1 aromatic carbocycles. The number of benzene rings is 1. The summed E-state index contributed by atoms with van der Waals surface area (Å²) in [5, 5.41) is 3.44. The third-order valence-electron chi connectivity index (χ3n) is 4.06. The molecule has 1 N–H and O–H groups in total. The summed E-state index contributed by atoms with van der Waals surface area (Å²) >= 11 is 0. The van der Waals surface area contributed by atoms with Gasteiger partial charge in [-0.3, -0.25) is 4.98 Å². The fraction of sp³-hybridized carbons (Fsp3) is 0.353. The van der Waals surface area contributed by atoms with Gasteiger partial charge in [0.05, 0.1) is 0 Å². The van der Waals surface area contributed by atoms with Crippen LogP contribution in [0.4, 0.5) is 0 Å². The molecule has 1 heterocycles. The zero-order valence-electron chi connectivity index (χ0n) is 11.4. The number of likely N-dealkylation sites (N-methyl/N-ethyl adjacent to an activating group) is 1. The number of hydrogen-bond donors (Lipinski definition) is 1. The molecule has 0 saturated heterocycles. The van der Waals surface area contributed by atoms with Gasteiger partial charge in [0.1, 0.15) is 0 Å². The van der Waals surface area contributed by atoms with Gasteiger partial charge in [-0.05, 0) is 67.1 Å². The Morgan fingerprint density at radius 3 is 2.68 bits per heavy atom. The van der Waals surface area contributed by atoms with E-state index in [0.29, 0.717) is 6.04 Å². The number of fused-ring (bicyclic) bond motifs is 1. The van der Waals surface area contributed by atoms with Crippen molar-refractivity contribution < 1.29 is 0 Å².